The number of nitrogens with zero attached hydrogens (tertiary/aromatic N) is 6. The second-order valence-electron chi connectivity index (χ2n) is 7.99. The van der Waals surface area contributed by atoms with Gasteiger partial charge in [-0.3, -0.25) is 15.0 Å². The summed E-state index contributed by atoms with van der Waals surface area (Å²) in [6.07, 6.45) is 4.30. The molecule has 0 bridgehead atoms. The normalized spacial score (nSPS) is 18.3. The molecule has 2 N–H and O–H groups in total. The van der Waals surface area contributed by atoms with E-state index in [1.165, 1.54) is 5.56 Å². The van der Waals surface area contributed by atoms with Gasteiger partial charge in [-0.1, -0.05) is 43.2 Å². The van der Waals surface area contributed by atoms with E-state index in [2.05, 4.69) is 44.0 Å². The van der Waals surface area contributed by atoms with Crippen molar-refractivity contribution in [3.05, 3.63) is 46.0 Å². The zero-order valence-electron chi connectivity index (χ0n) is 17.2. The van der Waals surface area contributed by atoms with E-state index in [1.54, 1.807) is 0 Å². The van der Waals surface area contributed by atoms with Crippen molar-refractivity contribution >= 4 is 23.3 Å². The molecule has 1 aromatic carbocycles. The average molecular weight is 412 g/mol. The van der Waals surface area contributed by atoms with Crippen LogP contribution in [0, 0.1) is 10.1 Å². The first kappa shape index (κ1) is 20.3. The maximum absolute atomic E-state index is 11.7. The Morgan fingerprint density at radius 3 is 2.20 bits per heavy atom. The molecule has 0 atom stereocenters. The minimum Gasteiger partial charge on any atom is -0.378 e. The van der Waals surface area contributed by atoms with Crippen molar-refractivity contribution in [2.45, 2.75) is 32.2 Å². The van der Waals surface area contributed by atoms with Crippen LogP contribution in [0.1, 0.15) is 31.2 Å². The lowest BCUT2D eigenvalue weighted by Gasteiger charge is -2.35. The summed E-state index contributed by atoms with van der Waals surface area (Å²) in [6, 6.07) is 10.4. The summed E-state index contributed by atoms with van der Waals surface area (Å²) in [4.78, 5) is 26.7. The quantitative estimate of drug-likeness (QED) is 0.591. The zero-order valence-corrected chi connectivity index (χ0v) is 17.2. The van der Waals surface area contributed by atoms with E-state index in [1.807, 2.05) is 11.0 Å². The molecule has 2 fully saturated rings. The van der Waals surface area contributed by atoms with Gasteiger partial charge in [-0.05, 0) is 18.4 Å². The lowest BCUT2D eigenvalue weighted by molar-refractivity contribution is -0.383. The van der Waals surface area contributed by atoms with Crippen LogP contribution in [0.5, 0.6) is 0 Å². The second kappa shape index (κ2) is 9.25. The maximum Gasteiger partial charge on any atom is 0.353 e. The summed E-state index contributed by atoms with van der Waals surface area (Å²) in [5.74, 6) is 0.823. The highest BCUT2D eigenvalue weighted by Crippen LogP contribution is 2.34. The number of nitrogen functional groups attached to an aromatic ring is 1. The van der Waals surface area contributed by atoms with Gasteiger partial charge in [0, 0.05) is 45.8 Å². The average Bonchev–Trinajstić information content (AvgIpc) is 3.04. The van der Waals surface area contributed by atoms with Gasteiger partial charge < -0.3 is 15.5 Å². The molecule has 2 aromatic rings. The molecule has 9 nitrogen and oxygen atoms in total. The third-order valence-corrected chi connectivity index (χ3v) is 5.87. The van der Waals surface area contributed by atoms with E-state index >= 15 is 0 Å². The predicted octanol–water partition coefficient (Wildman–Crippen LogP) is 2.67. The first-order chi connectivity index (χ1) is 14.6. The van der Waals surface area contributed by atoms with Gasteiger partial charge in [-0.25, -0.2) is 0 Å². The van der Waals surface area contributed by atoms with E-state index in [9.17, 15) is 10.1 Å². The highest BCUT2D eigenvalue weighted by atomic mass is 16.6. The van der Waals surface area contributed by atoms with Crippen LogP contribution in [0.2, 0.25) is 0 Å². The summed E-state index contributed by atoms with van der Waals surface area (Å²) in [6.45, 7) is 5.75. The van der Waals surface area contributed by atoms with E-state index in [4.69, 9.17) is 5.73 Å². The summed E-state index contributed by atoms with van der Waals surface area (Å²) in [7, 11) is 0. The molecule has 0 radical (unpaired) electrons. The molecule has 3 heterocycles. The minimum absolute atomic E-state index is 0.0454. The Hall–Kier alpha value is -2.94. The Kier molecular flexibility index (Phi) is 6.27. The summed E-state index contributed by atoms with van der Waals surface area (Å²) < 4.78 is 0. The standard InChI is InChI=1S/C21H29N7O2/c22-19-18(28(29)30)20(26-10-6-1-2-7-11-26)24-21(23-19)27-14-12-25(13-15-27)16-17-8-4-3-5-9-17/h3-5,8-9H,1-2,6-7,10-16H2,(H2,22,23,24). The van der Waals surface area contributed by atoms with Gasteiger partial charge in [0.25, 0.3) is 0 Å². The molecule has 0 amide bonds. The predicted molar refractivity (Wildman–Crippen MR) is 118 cm³/mol. The number of piperazine rings is 1. The van der Waals surface area contributed by atoms with Crippen molar-refractivity contribution in [1.82, 2.24) is 14.9 Å². The van der Waals surface area contributed by atoms with Gasteiger partial charge in [-0.2, -0.15) is 9.97 Å². The molecule has 0 saturated carbocycles. The van der Waals surface area contributed by atoms with Gasteiger partial charge in [0.1, 0.15) is 0 Å². The van der Waals surface area contributed by atoms with Crippen LogP contribution in [-0.2, 0) is 6.54 Å². The van der Waals surface area contributed by atoms with Gasteiger partial charge in [0.15, 0.2) is 0 Å². The molecule has 160 valence electrons. The molecule has 9 heteroatoms. The fourth-order valence-corrected chi connectivity index (χ4v) is 4.22. The monoisotopic (exact) mass is 411 g/mol. The molecule has 0 spiro atoms. The topological polar surface area (TPSA) is 105 Å². The number of benzene rings is 1. The van der Waals surface area contributed by atoms with Gasteiger partial charge in [0.05, 0.1) is 4.92 Å². The van der Waals surface area contributed by atoms with Crippen LogP contribution in [0.25, 0.3) is 0 Å². The Morgan fingerprint density at radius 2 is 1.57 bits per heavy atom. The van der Waals surface area contributed by atoms with Crippen molar-refractivity contribution < 1.29 is 4.92 Å². The van der Waals surface area contributed by atoms with Crippen molar-refractivity contribution in [2.75, 3.05) is 54.8 Å². The Balaban J connectivity index is 1.51. The number of hydrogen-bond donors (Lipinski definition) is 1. The van der Waals surface area contributed by atoms with Crippen molar-refractivity contribution in [2.24, 2.45) is 0 Å². The van der Waals surface area contributed by atoms with Crippen LogP contribution in [0.4, 0.5) is 23.3 Å². The molecule has 2 saturated heterocycles. The van der Waals surface area contributed by atoms with Crippen LogP contribution in [0.15, 0.2) is 30.3 Å². The first-order valence-corrected chi connectivity index (χ1v) is 10.7. The number of aromatic nitrogens is 2. The second-order valence-corrected chi connectivity index (χ2v) is 7.99. The zero-order chi connectivity index (χ0) is 20.9. The fourth-order valence-electron chi connectivity index (χ4n) is 4.22. The highest BCUT2D eigenvalue weighted by Gasteiger charge is 2.30. The Labute approximate surface area is 176 Å². The van der Waals surface area contributed by atoms with Crippen LogP contribution in [-0.4, -0.2) is 59.1 Å². The molecular weight excluding hydrogens is 382 g/mol. The van der Waals surface area contributed by atoms with Crippen molar-refractivity contribution in [1.29, 1.82) is 0 Å². The van der Waals surface area contributed by atoms with Gasteiger partial charge in [-0.15, -0.1) is 0 Å². The third-order valence-electron chi connectivity index (χ3n) is 5.87. The van der Waals surface area contributed by atoms with E-state index in [0.29, 0.717) is 11.8 Å². The smallest absolute Gasteiger partial charge is 0.353 e. The SMILES string of the molecule is Nc1nc(N2CCN(Cc3ccccc3)CC2)nc(N2CCCCCC2)c1[N+](=O)[O-]. The molecule has 0 aliphatic carbocycles. The van der Waals surface area contributed by atoms with Gasteiger partial charge in [0.2, 0.25) is 17.6 Å². The molecule has 30 heavy (non-hydrogen) atoms. The highest BCUT2D eigenvalue weighted by molar-refractivity contribution is 5.71. The van der Waals surface area contributed by atoms with E-state index in [0.717, 1.165) is 71.5 Å². The van der Waals surface area contributed by atoms with Crippen LogP contribution < -0.4 is 15.5 Å². The largest absolute Gasteiger partial charge is 0.378 e. The molecule has 2 aliphatic rings. The molecule has 0 unspecified atom stereocenters. The molecule has 4 rings (SSSR count). The van der Waals surface area contributed by atoms with Crippen LogP contribution in [0.3, 0.4) is 0 Å². The summed E-state index contributed by atoms with van der Waals surface area (Å²) in [5, 5.41) is 11.7. The number of nitrogens with two attached hydrogens (primary N) is 1. The number of anilines is 3. The molecule has 1 aromatic heterocycles. The first-order valence-electron chi connectivity index (χ1n) is 10.7. The number of nitro groups is 1. The lowest BCUT2D eigenvalue weighted by Crippen LogP contribution is -2.46. The number of hydrogen-bond acceptors (Lipinski definition) is 8. The summed E-state index contributed by atoms with van der Waals surface area (Å²) >= 11 is 0. The van der Waals surface area contributed by atoms with Crippen molar-refractivity contribution in [3.8, 4) is 0 Å². The summed E-state index contributed by atoms with van der Waals surface area (Å²) in [5.41, 5.74) is 7.18. The minimum atomic E-state index is -0.447. The fraction of sp³-hybridized carbons (Fsp3) is 0.524. The Morgan fingerprint density at radius 1 is 0.900 bits per heavy atom. The van der Waals surface area contributed by atoms with E-state index in [-0.39, 0.29) is 11.5 Å². The van der Waals surface area contributed by atoms with E-state index < -0.39 is 4.92 Å². The van der Waals surface area contributed by atoms with Crippen molar-refractivity contribution in [3.63, 3.8) is 0 Å². The molecule has 2 aliphatic heterocycles. The third kappa shape index (κ3) is 4.62. The number of rotatable bonds is 5. The Bertz CT molecular complexity index is 861. The molecular formula is C21H29N7O2. The van der Waals surface area contributed by atoms with Gasteiger partial charge >= 0.3 is 5.69 Å². The van der Waals surface area contributed by atoms with Crippen LogP contribution >= 0.6 is 0 Å². The maximum atomic E-state index is 11.7. The lowest BCUT2D eigenvalue weighted by atomic mass is 10.2.